The Morgan fingerprint density at radius 3 is 0.932 bits per heavy atom. The summed E-state index contributed by atoms with van der Waals surface area (Å²) < 4.78 is 69.5. The number of rotatable bonds is 37. The smallest absolute Gasteiger partial charge is 0.152 e. The van der Waals surface area contributed by atoms with Gasteiger partial charge in [-0.3, -0.25) is 0 Å². The van der Waals surface area contributed by atoms with E-state index in [1.165, 1.54) is 0 Å². The number of benzene rings is 6. The Morgan fingerprint density at radius 1 is 0.320 bits per heavy atom. The van der Waals surface area contributed by atoms with Gasteiger partial charge in [0.05, 0.1) is 178 Å². The van der Waals surface area contributed by atoms with Gasteiger partial charge in [-0.15, -0.1) is 0 Å². The fraction of sp³-hybridized carbons (Fsp3) is 0.444. The summed E-state index contributed by atoms with van der Waals surface area (Å²) in [5.74, 6) is 12.5. The van der Waals surface area contributed by atoms with Crippen LogP contribution in [0.1, 0.15) is 172 Å². The molecule has 0 spiro atoms. The number of pyridine rings is 6. The van der Waals surface area contributed by atoms with Gasteiger partial charge in [-0.2, -0.15) is 0 Å². The molecule has 0 radical (unpaired) electrons. The van der Waals surface area contributed by atoms with Crippen LogP contribution < -0.4 is 62.8 Å². The predicted molar refractivity (Wildman–Crippen MR) is 582 cm³/mol. The highest BCUT2D eigenvalue weighted by molar-refractivity contribution is 6.14. The molecular weight excluding hydrogens is 1870 g/mol. The van der Waals surface area contributed by atoms with Crippen LogP contribution in [-0.4, -0.2) is 213 Å². The summed E-state index contributed by atoms with van der Waals surface area (Å²) >= 11 is 0. The number of aryl methyl sites for hydroxylation is 1. The molecule has 0 aliphatic rings. The number of H-pyrrole nitrogens is 2. The highest BCUT2D eigenvalue weighted by Gasteiger charge is 2.31. The number of fused-ring (bicyclic) bond motifs is 18. The third kappa shape index (κ3) is 25.9. The summed E-state index contributed by atoms with van der Waals surface area (Å²) in [5.41, 5.74) is 46.9. The zero-order valence-corrected chi connectivity index (χ0v) is 88.6. The van der Waals surface area contributed by atoms with Crippen LogP contribution in [0.3, 0.4) is 0 Å². The molecule has 0 amide bonds. The zero-order chi connectivity index (χ0) is 106. The number of aliphatic hydroxyl groups is 4. The van der Waals surface area contributed by atoms with Gasteiger partial charge in [0.15, 0.2) is 23.3 Å². The van der Waals surface area contributed by atoms with Gasteiger partial charge in [-0.1, -0.05) is 71.0 Å². The van der Waals surface area contributed by atoms with Crippen molar-refractivity contribution in [3.05, 3.63) is 144 Å². The van der Waals surface area contributed by atoms with Gasteiger partial charge in [0.25, 0.3) is 0 Å². The first-order chi connectivity index (χ1) is 70.1. The number of anilines is 6. The van der Waals surface area contributed by atoms with E-state index in [4.69, 9.17) is 96.5 Å². The van der Waals surface area contributed by atoms with Crippen molar-refractivity contribution in [2.24, 2.45) is 11.8 Å². The van der Waals surface area contributed by atoms with Crippen LogP contribution in [0.2, 0.25) is 0 Å². The van der Waals surface area contributed by atoms with E-state index < -0.39 is 22.4 Å². The van der Waals surface area contributed by atoms with Gasteiger partial charge >= 0.3 is 0 Å². The number of imidazole rings is 6. The van der Waals surface area contributed by atoms with Gasteiger partial charge < -0.3 is 135 Å². The molecule has 6 aromatic carbocycles. The number of methoxy groups -OCH3 is 5. The monoisotopic (exact) mass is 2020 g/mol. The molecule has 0 unspecified atom stereocenters. The molecule has 147 heavy (non-hydrogen) atoms. The van der Waals surface area contributed by atoms with Gasteiger partial charge in [-0.05, 0) is 181 Å². The Bertz CT molecular complexity index is 7440. The van der Waals surface area contributed by atoms with E-state index >= 15 is 0 Å². The lowest BCUT2D eigenvalue weighted by molar-refractivity contribution is 0.0553. The van der Waals surface area contributed by atoms with E-state index in [0.29, 0.717) is 208 Å². The number of ether oxygens (including phenoxy) is 11. The first kappa shape index (κ1) is 110. The molecule has 0 fully saturated rings. The normalized spacial score (nSPS) is 12.0. The number of nitrogens with zero attached hydrogens (tertiary/aromatic N) is 16. The van der Waals surface area contributed by atoms with Crippen LogP contribution in [0.25, 0.3) is 132 Å². The van der Waals surface area contributed by atoms with Gasteiger partial charge in [0.2, 0.25) is 0 Å². The SMILES string of the molecule is CCCc1nc2c(N)nc3cccc(OC)c3c2n1CC(C)(C)O.CCOCc1nc2c(N)nc3cccc(OC)c3c2n1CC(C)(C)O.CCOCc1nc2c(N)nc3cccc(OC)c3c2n1CC(C)C.CCOCc1nc2c([nH]1)c(N)nc1cccc(OCCC(C)(C)O)c12.CCOCc1nc2c([nH]1)c(N)nc1cccc(OCCC(C)C)c12.COCCc1nc2c(N)nc3cccc(OC)c3c2n1CC(C)(C)O. The van der Waals surface area contributed by atoms with Crippen LogP contribution in [0.15, 0.2) is 109 Å². The molecule has 39 nitrogen and oxygen atoms in total. The topological polar surface area (TPSA) is 545 Å². The Labute approximate surface area is 854 Å². The summed E-state index contributed by atoms with van der Waals surface area (Å²) in [6, 6.07) is 34.2. The molecule has 18 aromatic rings. The molecule has 12 aromatic heterocycles. The van der Waals surface area contributed by atoms with Crippen molar-refractivity contribution in [1.29, 1.82) is 0 Å². The maximum absolute atomic E-state index is 10.4. The minimum Gasteiger partial charge on any atom is -0.496 e. The van der Waals surface area contributed by atoms with E-state index in [0.717, 1.165) is 170 Å². The van der Waals surface area contributed by atoms with Crippen molar-refractivity contribution in [2.45, 2.75) is 225 Å². The summed E-state index contributed by atoms with van der Waals surface area (Å²) in [6.45, 7) is 40.4. The number of aromatic amines is 2. The van der Waals surface area contributed by atoms with E-state index in [-0.39, 0.29) is 0 Å². The lowest BCUT2D eigenvalue weighted by atomic mass is 10.1. The number of hydrogen-bond acceptors (Lipinski definition) is 33. The first-order valence-corrected chi connectivity index (χ1v) is 49.6. The minimum atomic E-state index is -0.930. The molecule has 786 valence electrons. The predicted octanol–water partition coefficient (Wildman–Crippen LogP) is 17.3. The molecule has 39 heteroatoms. The number of nitrogens with two attached hydrogens (primary N) is 6. The maximum Gasteiger partial charge on any atom is 0.152 e. The third-order valence-electron chi connectivity index (χ3n) is 23.8. The van der Waals surface area contributed by atoms with Crippen LogP contribution in [0.4, 0.5) is 34.9 Å². The van der Waals surface area contributed by atoms with E-state index in [1.54, 1.807) is 90.9 Å². The van der Waals surface area contributed by atoms with Crippen molar-refractivity contribution in [1.82, 2.24) is 88.0 Å². The molecule has 18 N–H and O–H groups in total. The highest BCUT2D eigenvalue weighted by atomic mass is 16.5. The van der Waals surface area contributed by atoms with Crippen LogP contribution >= 0.6 is 0 Å². The fourth-order valence-electron chi connectivity index (χ4n) is 17.4. The molecule has 0 bridgehead atoms. The van der Waals surface area contributed by atoms with Crippen LogP contribution in [0, 0.1) is 11.8 Å². The van der Waals surface area contributed by atoms with Gasteiger partial charge in [0.1, 0.15) is 152 Å². The van der Waals surface area contributed by atoms with E-state index in [2.05, 4.69) is 104 Å². The van der Waals surface area contributed by atoms with Crippen molar-refractivity contribution in [3.8, 4) is 34.5 Å². The highest BCUT2D eigenvalue weighted by Crippen LogP contribution is 2.43. The number of nitrogen functional groups attached to an aromatic ring is 6. The standard InChI is InChI=1S/3C18H24N4O3.3C18H24N4O2/c1-18(2,23)10-22-13(8-9-24-3)21-15-16(22)14-11(20-17(15)19)6-5-7-12(14)25-4;1-5-25-9-13-21-15-16(22(13)10-18(2,3)23)14-11(20-17(15)19)7-6-8-12(14)24-4;1-4-24-10-13-21-15-14-11(20-17(19)16(15)22-13)6-5-7-12(14)25-9-8-18(2,3)23;1-5-24-10-14-21-16-17(22(14)9-11(2)3)15-12(20-18(16)19)7-6-8-13(15)23-4;1-5-7-13-21-15-16(22(13)10-18(2,3)23)14-11(20-17(15)19)8-6-9-12(14)24-4;1-4-23-10-14-21-16-15-12(20-18(19)17(16)22-14)6-5-7-13(15)24-9-8-11(2)3/h5-7,23H,8-10H2,1-4H3,(H2,19,20);6-8,23H,5,9-10H2,1-4H3,(H2,19,20);5-7,23H,4,8-10H2,1-3H3,(H2,19,20)(H,21,22);6-8,11H,5,9-10H2,1-4H3,(H2,19,20);6,8-9,23H,5,7,10H2,1-4H3,(H2,19,20);5-7,11H,4,8-10H2,1-3H3,(H2,19,20)(H,21,22). The maximum atomic E-state index is 10.4. The fourth-order valence-corrected chi connectivity index (χ4v) is 17.4. The summed E-state index contributed by atoms with van der Waals surface area (Å²) in [6.07, 6.45) is 3.89. The Morgan fingerprint density at radius 2 is 0.619 bits per heavy atom. The van der Waals surface area contributed by atoms with Crippen molar-refractivity contribution >= 4 is 167 Å². The summed E-state index contributed by atoms with van der Waals surface area (Å²) in [5, 5.41) is 46.2. The quantitative estimate of drug-likeness (QED) is 0.0172. The zero-order valence-electron chi connectivity index (χ0n) is 88.6. The average Bonchev–Trinajstić information content (AvgIpc) is 1.60. The largest absolute Gasteiger partial charge is 0.496 e. The molecule has 0 aliphatic heterocycles. The van der Waals surface area contributed by atoms with Crippen molar-refractivity contribution in [2.75, 3.05) is 116 Å². The Balaban J connectivity index is 0.000000147. The molecule has 0 atom stereocenters. The number of hydrogen-bond donors (Lipinski definition) is 12. The third-order valence-corrected chi connectivity index (χ3v) is 23.8. The molecular formula is C108H144N24O15. The van der Waals surface area contributed by atoms with Crippen molar-refractivity contribution < 1.29 is 72.5 Å². The van der Waals surface area contributed by atoms with Gasteiger partial charge in [-0.25, -0.2) is 59.8 Å². The van der Waals surface area contributed by atoms with Crippen LogP contribution in [-0.2, 0) is 89.1 Å². The first-order valence-electron chi connectivity index (χ1n) is 49.6. The molecule has 0 saturated heterocycles. The summed E-state index contributed by atoms with van der Waals surface area (Å²) in [7, 11) is 8.20. The Hall–Kier alpha value is -14.2. The second kappa shape index (κ2) is 48.0. The van der Waals surface area contributed by atoms with Crippen molar-refractivity contribution in [3.63, 3.8) is 0 Å². The second-order valence-corrected chi connectivity index (χ2v) is 39.1. The summed E-state index contributed by atoms with van der Waals surface area (Å²) in [4.78, 5) is 61.3. The Kier molecular flexibility index (Phi) is 35.9. The lowest BCUT2D eigenvalue weighted by Crippen LogP contribution is -2.27. The number of nitrogens with one attached hydrogen (secondary N) is 2. The molecule has 0 aliphatic carbocycles. The van der Waals surface area contributed by atoms with Gasteiger partial charge in [0, 0.05) is 59.3 Å². The average molecular weight is 2020 g/mol. The van der Waals surface area contributed by atoms with E-state index in [1.807, 2.05) is 146 Å². The number of aromatic nitrogens is 18. The minimum absolute atomic E-state index is 0.331. The molecule has 12 heterocycles. The molecule has 18 rings (SSSR count). The lowest BCUT2D eigenvalue weighted by Gasteiger charge is -2.21. The van der Waals surface area contributed by atoms with E-state index in [9.17, 15) is 20.4 Å². The second-order valence-electron chi connectivity index (χ2n) is 39.1. The van der Waals surface area contributed by atoms with Crippen LogP contribution in [0.5, 0.6) is 34.5 Å². The molecule has 0 saturated carbocycles.